The molecule has 124 valence electrons. The third-order valence-corrected chi connectivity index (χ3v) is 4.54. The third kappa shape index (κ3) is 3.58. The van der Waals surface area contributed by atoms with Gasteiger partial charge in [0.1, 0.15) is 5.54 Å². The average Bonchev–Trinajstić information content (AvgIpc) is 2.55. The van der Waals surface area contributed by atoms with Gasteiger partial charge in [-0.05, 0) is 38.8 Å². The molecule has 2 N–H and O–H groups in total. The zero-order valence-electron chi connectivity index (χ0n) is 13.2. The molecule has 2 aliphatic heterocycles. The maximum atomic E-state index is 12.7. The number of rotatable bonds is 5. The fraction of sp³-hybridized carbons (Fsp3) is 0.800. The first kappa shape index (κ1) is 16.7. The number of nitrogens with one attached hydrogen (secondary N) is 2. The summed E-state index contributed by atoms with van der Waals surface area (Å²) < 4.78 is 4.57. The highest BCUT2D eigenvalue weighted by Gasteiger charge is 2.47. The second-order valence-corrected chi connectivity index (χ2v) is 5.87. The standard InChI is InChI=1S/C15H25N3O4/c1-22-13(20)5-8-17-14(21)15(6-9-16-10-7-15)18-11-3-2-4-12(18)19/h16H,2-11H2,1H3,(H,17,21). The number of piperidine rings is 2. The van der Waals surface area contributed by atoms with Crippen LogP contribution in [0.4, 0.5) is 0 Å². The van der Waals surface area contributed by atoms with Gasteiger partial charge in [0.25, 0.3) is 0 Å². The van der Waals surface area contributed by atoms with E-state index in [-0.39, 0.29) is 30.7 Å². The SMILES string of the molecule is COC(=O)CCNC(=O)C1(N2CCCCC2=O)CCNCC1. The van der Waals surface area contributed by atoms with Crippen LogP contribution in [-0.4, -0.2) is 61.5 Å². The summed E-state index contributed by atoms with van der Waals surface area (Å²) in [4.78, 5) is 38.0. The lowest BCUT2D eigenvalue weighted by molar-refractivity contribution is -0.152. The van der Waals surface area contributed by atoms with E-state index in [1.54, 1.807) is 4.90 Å². The molecule has 22 heavy (non-hydrogen) atoms. The van der Waals surface area contributed by atoms with E-state index in [0.29, 0.717) is 38.9 Å². The molecule has 2 rings (SSSR count). The zero-order valence-corrected chi connectivity index (χ0v) is 13.2. The van der Waals surface area contributed by atoms with Gasteiger partial charge in [-0.3, -0.25) is 14.4 Å². The van der Waals surface area contributed by atoms with Gasteiger partial charge in [0.05, 0.1) is 13.5 Å². The molecule has 2 amide bonds. The molecule has 2 saturated heterocycles. The summed E-state index contributed by atoms with van der Waals surface area (Å²) in [7, 11) is 1.32. The molecule has 0 aliphatic carbocycles. The molecular weight excluding hydrogens is 286 g/mol. The second kappa shape index (κ2) is 7.58. The van der Waals surface area contributed by atoms with E-state index in [1.807, 2.05) is 0 Å². The first-order valence-corrected chi connectivity index (χ1v) is 7.96. The maximum Gasteiger partial charge on any atom is 0.307 e. The van der Waals surface area contributed by atoms with E-state index in [0.717, 1.165) is 12.8 Å². The lowest BCUT2D eigenvalue weighted by Crippen LogP contribution is -2.65. The summed E-state index contributed by atoms with van der Waals surface area (Å²) >= 11 is 0. The zero-order chi connectivity index (χ0) is 16.0. The first-order valence-electron chi connectivity index (χ1n) is 7.96. The number of carbonyl (C=O) groups excluding carboxylic acids is 3. The van der Waals surface area contributed by atoms with Crippen molar-refractivity contribution in [1.29, 1.82) is 0 Å². The van der Waals surface area contributed by atoms with Gasteiger partial charge in [-0.1, -0.05) is 0 Å². The summed E-state index contributed by atoms with van der Waals surface area (Å²) in [6, 6.07) is 0. The van der Waals surface area contributed by atoms with Crippen LogP contribution in [0, 0.1) is 0 Å². The quantitative estimate of drug-likeness (QED) is 0.687. The van der Waals surface area contributed by atoms with Crippen LogP contribution in [0.1, 0.15) is 38.5 Å². The predicted octanol–water partition coefficient (Wildman–Crippen LogP) is -0.200. The number of carbonyl (C=O) groups is 3. The van der Waals surface area contributed by atoms with Crippen LogP contribution in [0.3, 0.4) is 0 Å². The Hall–Kier alpha value is -1.63. The fourth-order valence-electron chi connectivity index (χ4n) is 3.26. The highest BCUT2D eigenvalue weighted by molar-refractivity contribution is 5.92. The molecule has 0 atom stereocenters. The molecular formula is C15H25N3O4. The number of likely N-dealkylation sites (tertiary alicyclic amines) is 1. The summed E-state index contributed by atoms with van der Waals surface area (Å²) in [5, 5.41) is 6.05. The Balaban J connectivity index is 2.05. The topological polar surface area (TPSA) is 87.7 Å². The number of esters is 1. The van der Waals surface area contributed by atoms with E-state index in [2.05, 4.69) is 15.4 Å². The van der Waals surface area contributed by atoms with E-state index >= 15 is 0 Å². The van der Waals surface area contributed by atoms with Gasteiger partial charge in [0.15, 0.2) is 0 Å². The van der Waals surface area contributed by atoms with E-state index < -0.39 is 5.54 Å². The van der Waals surface area contributed by atoms with Crippen molar-refractivity contribution in [2.75, 3.05) is 33.3 Å². The highest BCUT2D eigenvalue weighted by Crippen LogP contribution is 2.30. The first-order chi connectivity index (χ1) is 10.6. The Morgan fingerprint density at radius 2 is 2.05 bits per heavy atom. The number of nitrogens with zero attached hydrogens (tertiary/aromatic N) is 1. The van der Waals surface area contributed by atoms with Crippen molar-refractivity contribution in [3.63, 3.8) is 0 Å². The molecule has 0 saturated carbocycles. The van der Waals surface area contributed by atoms with Gasteiger partial charge < -0.3 is 20.3 Å². The van der Waals surface area contributed by atoms with Gasteiger partial charge in [-0.2, -0.15) is 0 Å². The van der Waals surface area contributed by atoms with Crippen molar-refractivity contribution in [2.24, 2.45) is 0 Å². The second-order valence-electron chi connectivity index (χ2n) is 5.87. The van der Waals surface area contributed by atoms with E-state index in [4.69, 9.17) is 0 Å². The fourth-order valence-corrected chi connectivity index (χ4v) is 3.26. The molecule has 0 aromatic carbocycles. The Morgan fingerprint density at radius 3 is 2.68 bits per heavy atom. The van der Waals surface area contributed by atoms with Crippen molar-refractivity contribution < 1.29 is 19.1 Å². The lowest BCUT2D eigenvalue weighted by atomic mass is 9.83. The normalized spacial score (nSPS) is 21.3. The van der Waals surface area contributed by atoms with Gasteiger partial charge >= 0.3 is 5.97 Å². The number of hydrogen-bond donors (Lipinski definition) is 2. The maximum absolute atomic E-state index is 12.7. The minimum atomic E-state index is -0.765. The van der Waals surface area contributed by atoms with Crippen LogP contribution in [0.5, 0.6) is 0 Å². The minimum absolute atomic E-state index is 0.0660. The monoisotopic (exact) mass is 311 g/mol. The molecule has 2 heterocycles. The van der Waals surface area contributed by atoms with Crippen LogP contribution < -0.4 is 10.6 Å². The number of hydrogen-bond acceptors (Lipinski definition) is 5. The molecule has 0 radical (unpaired) electrons. The third-order valence-electron chi connectivity index (χ3n) is 4.54. The smallest absolute Gasteiger partial charge is 0.307 e. The van der Waals surface area contributed by atoms with E-state index in [1.165, 1.54) is 7.11 Å². The van der Waals surface area contributed by atoms with Crippen LogP contribution >= 0.6 is 0 Å². The highest BCUT2D eigenvalue weighted by atomic mass is 16.5. The lowest BCUT2D eigenvalue weighted by Gasteiger charge is -2.46. The summed E-state index contributed by atoms with van der Waals surface area (Å²) in [6.07, 6.45) is 3.73. The van der Waals surface area contributed by atoms with Crippen LogP contribution in [0.25, 0.3) is 0 Å². The molecule has 0 unspecified atom stereocenters. The van der Waals surface area contributed by atoms with Gasteiger partial charge in [-0.15, -0.1) is 0 Å². The van der Waals surface area contributed by atoms with Crippen LogP contribution in [-0.2, 0) is 19.1 Å². The molecule has 0 aromatic rings. The summed E-state index contributed by atoms with van der Waals surface area (Å²) in [5.41, 5.74) is -0.765. The Morgan fingerprint density at radius 1 is 1.32 bits per heavy atom. The van der Waals surface area contributed by atoms with Crippen LogP contribution in [0.15, 0.2) is 0 Å². The molecule has 7 heteroatoms. The molecule has 2 fully saturated rings. The van der Waals surface area contributed by atoms with Crippen LogP contribution in [0.2, 0.25) is 0 Å². The van der Waals surface area contributed by atoms with Crippen molar-refractivity contribution in [2.45, 2.75) is 44.1 Å². The van der Waals surface area contributed by atoms with Crippen molar-refractivity contribution >= 4 is 17.8 Å². The Kier molecular flexibility index (Phi) is 5.76. The Bertz CT molecular complexity index is 433. The van der Waals surface area contributed by atoms with Crippen molar-refractivity contribution in [3.8, 4) is 0 Å². The van der Waals surface area contributed by atoms with E-state index in [9.17, 15) is 14.4 Å². The van der Waals surface area contributed by atoms with Crippen molar-refractivity contribution in [1.82, 2.24) is 15.5 Å². The minimum Gasteiger partial charge on any atom is -0.469 e. The summed E-state index contributed by atoms with van der Waals surface area (Å²) in [5.74, 6) is -0.432. The molecule has 7 nitrogen and oxygen atoms in total. The average molecular weight is 311 g/mol. The summed E-state index contributed by atoms with van der Waals surface area (Å²) in [6.45, 7) is 2.31. The van der Waals surface area contributed by atoms with Crippen molar-refractivity contribution in [3.05, 3.63) is 0 Å². The Labute approximate surface area is 130 Å². The molecule has 0 bridgehead atoms. The number of methoxy groups -OCH3 is 1. The molecule has 0 spiro atoms. The molecule has 2 aliphatic rings. The van der Waals surface area contributed by atoms with Gasteiger partial charge in [0, 0.05) is 19.5 Å². The number of ether oxygens (including phenoxy) is 1. The predicted molar refractivity (Wildman–Crippen MR) is 80.0 cm³/mol. The molecule has 0 aromatic heterocycles. The van der Waals surface area contributed by atoms with Gasteiger partial charge in [0.2, 0.25) is 11.8 Å². The largest absolute Gasteiger partial charge is 0.469 e. The van der Waals surface area contributed by atoms with Gasteiger partial charge in [-0.25, -0.2) is 0 Å². The number of amides is 2.